The predicted octanol–water partition coefficient (Wildman–Crippen LogP) is 2.35. The fourth-order valence-electron chi connectivity index (χ4n) is 1.38. The van der Waals surface area contributed by atoms with Crippen LogP contribution >= 0.6 is 0 Å². The van der Waals surface area contributed by atoms with E-state index >= 15 is 0 Å². The highest BCUT2D eigenvalue weighted by Crippen LogP contribution is 2.06. The first-order valence-corrected chi connectivity index (χ1v) is 7.11. The van der Waals surface area contributed by atoms with E-state index in [1.165, 1.54) is 0 Å². The molecule has 0 aliphatic carbocycles. The maximum atomic E-state index is 11.7. The Balaban J connectivity index is 2.41. The van der Waals surface area contributed by atoms with Crippen molar-refractivity contribution in [3.8, 4) is 0 Å². The molecule has 0 amide bonds. The molecule has 0 fully saturated rings. The molecule has 0 saturated carbocycles. The molecule has 1 radical (unpaired) electrons. The van der Waals surface area contributed by atoms with Crippen molar-refractivity contribution in [1.29, 1.82) is 0 Å². The molecule has 0 bridgehead atoms. The molecule has 0 heterocycles. The molecule has 0 aliphatic heterocycles. The van der Waals surface area contributed by atoms with Gasteiger partial charge in [0.15, 0.2) is 0 Å². The number of rotatable bonds is 7. The van der Waals surface area contributed by atoms with Crippen molar-refractivity contribution in [2.75, 3.05) is 6.54 Å². The quantitative estimate of drug-likeness (QED) is 0.744. The molecule has 0 unspecified atom stereocenters. The summed E-state index contributed by atoms with van der Waals surface area (Å²) < 4.78 is 26.0. The lowest BCUT2D eigenvalue weighted by atomic mass is 10.2. The first-order chi connectivity index (χ1) is 7.67. The second-order valence-electron chi connectivity index (χ2n) is 3.69. The van der Waals surface area contributed by atoms with Gasteiger partial charge in [0.1, 0.15) is 0 Å². The fraction of sp³-hybridized carbons (Fsp3) is 0.500. The summed E-state index contributed by atoms with van der Waals surface area (Å²) in [4.78, 5) is 0.213. The lowest BCUT2D eigenvalue weighted by molar-refractivity contribution is 0.573. The number of benzene rings is 1. The third-order valence-electron chi connectivity index (χ3n) is 2.29. The van der Waals surface area contributed by atoms with Gasteiger partial charge in [-0.15, -0.1) is 0 Å². The summed E-state index contributed by atoms with van der Waals surface area (Å²) in [6.45, 7) is 2.63. The van der Waals surface area contributed by atoms with Gasteiger partial charge in [-0.1, -0.05) is 44.4 Å². The van der Waals surface area contributed by atoms with Crippen molar-refractivity contribution in [3.63, 3.8) is 0 Å². The van der Waals surface area contributed by atoms with Crippen molar-refractivity contribution in [1.82, 2.24) is 4.72 Å². The van der Waals surface area contributed by atoms with Gasteiger partial charge in [-0.3, -0.25) is 0 Å². The zero-order chi connectivity index (χ0) is 11.9. The summed E-state index contributed by atoms with van der Waals surface area (Å²) >= 11 is 0. The van der Waals surface area contributed by atoms with Crippen molar-refractivity contribution >= 4 is 10.0 Å². The number of nitrogens with one attached hydrogen (secondary N) is 1. The fourth-order valence-corrected chi connectivity index (χ4v) is 2.43. The Morgan fingerprint density at radius 1 is 1.25 bits per heavy atom. The Kier molecular flexibility index (Phi) is 5.49. The lowest BCUT2D eigenvalue weighted by Crippen LogP contribution is -2.24. The summed E-state index contributed by atoms with van der Waals surface area (Å²) in [6, 6.07) is 9.31. The molecule has 3 nitrogen and oxygen atoms in total. The summed E-state index contributed by atoms with van der Waals surface area (Å²) in [7, 11) is -3.35. The molecule has 0 saturated heterocycles. The molecule has 4 heteroatoms. The molecule has 89 valence electrons. The Bertz CT molecular complexity index is 387. The molecule has 0 aromatic heterocycles. The van der Waals surface area contributed by atoms with Crippen LogP contribution in [0.25, 0.3) is 0 Å². The number of sulfonamides is 1. The Morgan fingerprint density at radius 2 is 2.06 bits per heavy atom. The van der Waals surface area contributed by atoms with Crippen LogP contribution in [0.15, 0.2) is 29.2 Å². The van der Waals surface area contributed by atoms with Crippen LogP contribution in [0.3, 0.4) is 0 Å². The summed E-state index contributed by atoms with van der Waals surface area (Å²) in [6.07, 6.45) is 4.26. The van der Waals surface area contributed by atoms with Gasteiger partial charge in [-0.25, -0.2) is 13.1 Å². The maximum Gasteiger partial charge on any atom is 0.241 e. The number of hydrogen-bond donors (Lipinski definition) is 1. The zero-order valence-electron chi connectivity index (χ0n) is 9.57. The van der Waals surface area contributed by atoms with Crippen LogP contribution in [-0.2, 0) is 10.0 Å². The normalized spacial score (nSPS) is 11.6. The maximum absolute atomic E-state index is 11.7. The molecule has 1 N–H and O–H groups in total. The molecule has 1 rings (SSSR count). The van der Waals surface area contributed by atoms with E-state index in [4.69, 9.17) is 0 Å². The SMILES string of the molecule is CCCCCCNS(=O)(=O)c1[c]cccc1. The standard InChI is InChI=1S/C12H18NO2S/c1-2-3-4-8-11-13-16(14,15)12-9-6-5-7-10-12/h5-7,9,13H,2-4,8,11H2,1H3. The third kappa shape index (κ3) is 4.33. The van der Waals surface area contributed by atoms with E-state index in [1.54, 1.807) is 24.3 Å². The minimum atomic E-state index is -3.35. The van der Waals surface area contributed by atoms with Crippen LogP contribution in [0.2, 0.25) is 0 Å². The molecular weight excluding hydrogens is 222 g/mol. The Labute approximate surface area is 97.9 Å². The molecule has 0 aliphatic rings. The van der Waals surface area contributed by atoms with Gasteiger partial charge in [0.2, 0.25) is 10.0 Å². The highest BCUT2D eigenvalue weighted by atomic mass is 32.2. The zero-order valence-corrected chi connectivity index (χ0v) is 10.4. The van der Waals surface area contributed by atoms with Crippen LogP contribution in [0.4, 0.5) is 0 Å². The van der Waals surface area contributed by atoms with E-state index in [9.17, 15) is 8.42 Å². The number of unbranched alkanes of at least 4 members (excludes halogenated alkanes) is 3. The third-order valence-corrected chi connectivity index (χ3v) is 3.71. The monoisotopic (exact) mass is 240 g/mol. The van der Waals surface area contributed by atoms with E-state index in [0.717, 1.165) is 25.7 Å². The van der Waals surface area contributed by atoms with Crippen LogP contribution in [0.1, 0.15) is 32.6 Å². The van der Waals surface area contributed by atoms with Crippen LogP contribution in [0, 0.1) is 6.07 Å². The molecular formula is C12H18NO2S. The predicted molar refractivity (Wildman–Crippen MR) is 64.6 cm³/mol. The highest BCUT2D eigenvalue weighted by Gasteiger charge is 2.11. The summed E-state index contributed by atoms with van der Waals surface area (Å²) in [5, 5.41) is 0. The second kappa shape index (κ2) is 6.66. The van der Waals surface area contributed by atoms with Crippen molar-refractivity contribution < 1.29 is 8.42 Å². The van der Waals surface area contributed by atoms with Crippen molar-refractivity contribution in [2.24, 2.45) is 0 Å². The average molecular weight is 240 g/mol. The van der Waals surface area contributed by atoms with Gasteiger partial charge in [-0.2, -0.15) is 0 Å². The lowest BCUT2D eigenvalue weighted by Gasteiger charge is -2.05. The summed E-state index contributed by atoms with van der Waals surface area (Å²) in [5.41, 5.74) is 0. The van der Waals surface area contributed by atoms with Gasteiger partial charge < -0.3 is 0 Å². The molecule has 0 atom stereocenters. The van der Waals surface area contributed by atoms with Gasteiger partial charge in [0.25, 0.3) is 0 Å². The van der Waals surface area contributed by atoms with Crippen molar-refractivity contribution in [2.45, 2.75) is 37.5 Å². The molecule has 16 heavy (non-hydrogen) atoms. The van der Waals surface area contributed by atoms with Crippen LogP contribution in [0.5, 0.6) is 0 Å². The van der Waals surface area contributed by atoms with Gasteiger partial charge in [-0.05, 0) is 12.5 Å². The molecule has 1 aromatic carbocycles. The number of hydrogen-bond acceptors (Lipinski definition) is 2. The smallest absolute Gasteiger partial charge is 0.211 e. The minimum Gasteiger partial charge on any atom is -0.211 e. The topological polar surface area (TPSA) is 46.2 Å². The van der Waals surface area contributed by atoms with Gasteiger partial charge in [0, 0.05) is 12.6 Å². The Hall–Kier alpha value is -0.870. The van der Waals surface area contributed by atoms with E-state index < -0.39 is 10.0 Å². The molecule has 1 aromatic rings. The second-order valence-corrected chi connectivity index (χ2v) is 5.42. The van der Waals surface area contributed by atoms with E-state index in [2.05, 4.69) is 17.7 Å². The van der Waals surface area contributed by atoms with Gasteiger partial charge in [0.05, 0.1) is 4.90 Å². The van der Waals surface area contributed by atoms with E-state index in [1.807, 2.05) is 0 Å². The van der Waals surface area contributed by atoms with E-state index in [0.29, 0.717) is 6.54 Å². The summed E-state index contributed by atoms with van der Waals surface area (Å²) in [5.74, 6) is 0. The highest BCUT2D eigenvalue weighted by molar-refractivity contribution is 7.89. The van der Waals surface area contributed by atoms with Crippen LogP contribution < -0.4 is 4.72 Å². The first kappa shape index (κ1) is 13.2. The van der Waals surface area contributed by atoms with Gasteiger partial charge >= 0.3 is 0 Å². The Morgan fingerprint density at radius 3 is 2.69 bits per heavy atom. The van der Waals surface area contributed by atoms with E-state index in [-0.39, 0.29) is 4.90 Å². The van der Waals surface area contributed by atoms with Crippen molar-refractivity contribution in [3.05, 3.63) is 30.3 Å². The largest absolute Gasteiger partial charge is 0.241 e. The average Bonchev–Trinajstić information content (AvgIpc) is 2.30. The molecule has 0 spiro atoms. The minimum absolute atomic E-state index is 0.213. The van der Waals surface area contributed by atoms with Crippen LogP contribution in [-0.4, -0.2) is 15.0 Å². The first-order valence-electron chi connectivity index (χ1n) is 5.63.